The molecule has 1 N–H and O–H groups in total. The van der Waals surface area contributed by atoms with Crippen molar-refractivity contribution in [2.75, 3.05) is 0 Å². The molecule has 0 bridgehead atoms. The average Bonchev–Trinajstić information content (AvgIpc) is 2.71. The normalized spacial score (nSPS) is 12.3. The van der Waals surface area contributed by atoms with Gasteiger partial charge < -0.3 is 10.1 Å². The molecule has 0 aliphatic heterocycles. The van der Waals surface area contributed by atoms with Gasteiger partial charge in [-0.1, -0.05) is 19.1 Å². The Balaban J connectivity index is 2.78. The van der Waals surface area contributed by atoms with Crippen molar-refractivity contribution in [1.82, 2.24) is 20.3 Å². The maximum atomic E-state index is 12.0. The second-order valence-corrected chi connectivity index (χ2v) is 6.17. The Morgan fingerprint density at radius 2 is 1.95 bits per heavy atom. The number of alkyl carbamates (subject to hydrolysis) is 1. The molecule has 1 amide bonds. The lowest BCUT2D eigenvalue weighted by Crippen LogP contribution is -2.50. The minimum absolute atomic E-state index is 0.349. The summed E-state index contributed by atoms with van der Waals surface area (Å²) in [5, 5.41) is 11.0. The molecule has 1 aromatic rings. The zero-order valence-electron chi connectivity index (χ0n) is 13.4. The third-order valence-corrected chi connectivity index (χ3v) is 3.29. The van der Waals surface area contributed by atoms with E-state index in [9.17, 15) is 4.79 Å². The van der Waals surface area contributed by atoms with E-state index < -0.39 is 5.60 Å². The molecule has 1 aromatic heterocycles. The van der Waals surface area contributed by atoms with E-state index in [2.05, 4.69) is 29.5 Å². The van der Waals surface area contributed by atoms with Gasteiger partial charge in [0.25, 0.3) is 0 Å². The molecule has 0 aromatic carbocycles. The number of amides is 1. The van der Waals surface area contributed by atoms with Crippen molar-refractivity contribution in [3.05, 3.63) is 11.9 Å². The van der Waals surface area contributed by atoms with Crippen LogP contribution >= 0.6 is 0 Å². The van der Waals surface area contributed by atoms with Crippen molar-refractivity contribution in [3.63, 3.8) is 0 Å². The van der Waals surface area contributed by atoms with E-state index in [4.69, 9.17) is 4.74 Å². The van der Waals surface area contributed by atoms with Gasteiger partial charge in [0.15, 0.2) is 0 Å². The van der Waals surface area contributed by atoms with Crippen molar-refractivity contribution < 1.29 is 9.53 Å². The number of nitrogens with one attached hydrogen (secondary N) is 1. The van der Waals surface area contributed by atoms with Crippen molar-refractivity contribution in [1.29, 1.82) is 0 Å². The second-order valence-electron chi connectivity index (χ2n) is 6.17. The highest BCUT2D eigenvalue weighted by Crippen LogP contribution is 2.21. The van der Waals surface area contributed by atoms with E-state index in [-0.39, 0.29) is 11.6 Å². The van der Waals surface area contributed by atoms with Crippen LogP contribution in [0, 0.1) is 0 Å². The molecule has 6 nitrogen and oxygen atoms in total. The highest BCUT2D eigenvalue weighted by Gasteiger charge is 2.31. The fourth-order valence-corrected chi connectivity index (χ4v) is 2.06. The second kappa shape index (κ2) is 6.24. The number of aromatic nitrogens is 3. The van der Waals surface area contributed by atoms with Crippen molar-refractivity contribution in [3.8, 4) is 0 Å². The summed E-state index contributed by atoms with van der Waals surface area (Å²) in [4.78, 5) is 12.0. The minimum atomic E-state index is -0.496. The van der Waals surface area contributed by atoms with Crippen LogP contribution in [0.2, 0.25) is 0 Å². The van der Waals surface area contributed by atoms with E-state index in [1.54, 1.807) is 4.68 Å². The molecule has 6 heteroatoms. The molecule has 0 atom stereocenters. The van der Waals surface area contributed by atoms with Gasteiger partial charge in [-0.3, -0.25) is 4.68 Å². The molecule has 114 valence electrons. The SMILES string of the molecule is CCC(CC)(Cc1cn(C)nn1)NC(=O)OC(C)(C)C. The number of hydrogen-bond acceptors (Lipinski definition) is 4. The molecule has 0 saturated heterocycles. The van der Waals surface area contributed by atoms with Gasteiger partial charge in [-0.2, -0.15) is 0 Å². The maximum Gasteiger partial charge on any atom is 0.408 e. The maximum absolute atomic E-state index is 12.0. The third-order valence-electron chi connectivity index (χ3n) is 3.29. The van der Waals surface area contributed by atoms with Gasteiger partial charge in [0.2, 0.25) is 0 Å². The number of carbonyl (C=O) groups is 1. The van der Waals surface area contributed by atoms with Crippen LogP contribution in [-0.2, 0) is 18.2 Å². The minimum Gasteiger partial charge on any atom is -0.444 e. The summed E-state index contributed by atoms with van der Waals surface area (Å²) >= 11 is 0. The molecule has 1 rings (SSSR count). The largest absolute Gasteiger partial charge is 0.444 e. The van der Waals surface area contributed by atoms with E-state index in [1.165, 1.54) is 0 Å². The van der Waals surface area contributed by atoms with Gasteiger partial charge in [-0.15, -0.1) is 5.10 Å². The van der Waals surface area contributed by atoms with Gasteiger partial charge in [0.1, 0.15) is 5.60 Å². The van der Waals surface area contributed by atoms with Crippen molar-refractivity contribution in [2.45, 2.75) is 65.0 Å². The van der Waals surface area contributed by atoms with E-state index in [0.717, 1.165) is 18.5 Å². The molecule has 0 unspecified atom stereocenters. The summed E-state index contributed by atoms with van der Waals surface area (Å²) < 4.78 is 7.01. The molecule has 0 saturated carbocycles. The Kier molecular flexibility index (Phi) is 5.14. The Hall–Kier alpha value is -1.59. The van der Waals surface area contributed by atoms with Crippen LogP contribution in [0.15, 0.2) is 6.20 Å². The molecule has 20 heavy (non-hydrogen) atoms. The number of carbonyl (C=O) groups excluding carboxylic acids is 1. The number of hydrogen-bond donors (Lipinski definition) is 1. The molecule has 0 aliphatic rings. The van der Waals surface area contributed by atoms with Crippen LogP contribution in [0.3, 0.4) is 0 Å². The monoisotopic (exact) mass is 282 g/mol. The van der Waals surface area contributed by atoms with Crippen LogP contribution in [-0.4, -0.2) is 32.2 Å². The molecular formula is C14H26N4O2. The summed E-state index contributed by atoms with van der Waals surface area (Å²) in [6.07, 6.45) is 3.74. The fourth-order valence-electron chi connectivity index (χ4n) is 2.06. The predicted octanol–water partition coefficient (Wildman–Crippen LogP) is 2.44. The van der Waals surface area contributed by atoms with Gasteiger partial charge in [-0.05, 0) is 33.6 Å². The van der Waals surface area contributed by atoms with E-state index in [0.29, 0.717) is 6.42 Å². The zero-order chi connectivity index (χ0) is 15.4. The first-order valence-electron chi connectivity index (χ1n) is 7.06. The molecule has 0 radical (unpaired) electrons. The van der Waals surface area contributed by atoms with Crippen LogP contribution in [0.5, 0.6) is 0 Å². The summed E-state index contributed by atoms with van der Waals surface area (Å²) in [5.74, 6) is 0. The first kappa shape index (κ1) is 16.5. The Morgan fingerprint density at radius 3 is 2.35 bits per heavy atom. The molecule has 0 aliphatic carbocycles. The predicted molar refractivity (Wildman–Crippen MR) is 77.4 cm³/mol. The zero-order valence-corrected chi connectivity index (χ0v) is 13.4. The van der Waals surface area contributed by atoms with Crippen LogP contribution in [0.4, 0.5) is 4.79 Å². The standard InChI is InChI=1S/C14H26N4O2/c1-7-14(8-2,9-11-10-18(6)17-16-11)15-12(19)20-13(3,4)5/h10H,7-9H2,1-6H3,(H,15,19). The van der Waals surface area contributed by atoms with E-state index in [1.807, 2.05) is 34.0 Å². The van der Waals surface area contributed by atoms with Gasteiger partial charge in [0, 0.05) is 25.2 Å². The van der Waals surface area contributed by atoms with Gasteiger partial charge in [0.05, 0.1) is 5.69 Å². The lowest BCUT2D eigenvalue weighted by molar-refractivity contribution is 0.0446. The molecular weight excluding hydrogens is 256 g/mol. The summed E-state index contributed by atoms with van der Waals surface area (Å²) in [6.45, 7) is 9.67. The first-order chi connectivity index (χ1) is 9.19. The third kappa shape index (κ3) is 4.83. The molecule has 1 heterocycles. The van der Waals surface area contributed by atoms with Crippen LogP contribution in [0.25, 0.3) is 0 Å². The highest BCUT2D eigenvalue weighted by molar-refractivity contribution is 5.68. The molecule has 0 spiro atoms. The quantitative estimate of drug-likeness (QED) is 0.900. The summed E-state index contributed by atoms with van der Waals surface area (Å²) in [7, 11) is 1.83. The van der Waals surface area contributed by atoms with Crippen molar-refractivity contribution in [2.24, 2.45) is 7.05 Å². The van der Waals surface area contributed by atoms with E-state index >= 15 is 0 Å². The highest BCUT2D eigenvalue weighted by atomic mass is 16.6. The number of rotatable bonds is 5. The first-order valence-corrected chi connectivity index (χ1v) is 7.06. The topological polar surface area (TPSA) is 69.0 Å². The lowest BCUT2D eigenvalue weighted by atomic mass is 9.88. The number of ether oxygens (including phenoxy) is 1. The fraction of sp³-hybridized carbons (Fsp3) is 0.786. The summed E-state index contributed by atoms with van der Waals surface area (Å²) in [6, 6.07) is 0. The number of nitrogens with zero attached hydrogens (tertiary/aromatic N) is 3. The number of aryl methyl sites for hydroxylation is 1. The smallest absolute Gasteiger partial charge is 0.408 e. The van der Waals surface area contributed by atoms with Gasteiger partial charge >= 0.3 is 6.09 Å². The molecule has 0 fully saturated rings. The Morgan fingerprint density at radius 1 is 1.35 bits per heavy atom. The van der Waals surface area contributed by atoms with Crippen LogP contribution in [0.1, 0.15) is 53.2 Å². The average molecular weight is 282 g/mol. The Labute approximate surface area is 120 Å². The van der Waals surface area contributed by atoms with Crippen molar-refractivity contribution >= 4 is 6.09 Å². The Bertz CT molecular complexity index is 444. The summed E-state index contributed by atoms with van der Waals surface area (Å²) in [5.41, 5.74) is 0.0228. The van der Waals surface area contributed by atoms with Crippen LogP contribution < -0.4 is 5.32 Å². The lowest BCUT2D eigenvalue weighted by Gasteiger charge is -2.33. The van der Waals surface area contributed by atoms with Gasteiger partial charge in [-0.25, -0.2) is 4.79 Å².